The van der Waals surface area contributed by atoms with Crippen molar-refractivity contribution in [1.82, 2.24) is 0 Å². The average Bonchev–Trinajstić information content (AvgIpc) is 2.71. The molecule has 1 spiro atoms. The van der Waals surface area contributed by atoms with Crippen LogP contribution in [0.15, 0.2) is 0 Å². The van der Waals surface area contributed by atoms with Gasteiger partial charge < -0.3 is 35.7 Å². The fourth-order valence-corrected chi connectivity index (χ4v) is 7.95. The molecule has 0 aromatic heterocycles. The summed E-state index contributed by atoms with van der Waals surface area (Å²) in [6.07, 6.45) is -3.78. The summed E-state index contributed by atoms with van der Waals surface area (Å²) < 4.78 is 0. The maximum absolute atomic E-state index is 11.7. The van der Waals surface area contributed by atoms with E-state index in [2.05, 4.69) is 0 Å². The summed E-state index contributed by atoms with van der Waals surface area (Å²) >= 11 is 0. The first-order chi connectivity index (χ1) is 12.2. The molecular formula is C20H34O7. The predicted octanol–water partition coefficient (Wildman–Crippen LogP) is -0.861. The van der Waals surface area contributed by atoms with Crippen LogP contribution in [-0.4, -0.2) is 77.0 Å². The van der Waals surface area contributed by atoms with Crippen LogP contribution in [0.5, 0.6) is 0 Å². The molecule has 0 aromatic rings. The molecule has 156 valence electrons. The van der Waals surface area contributed by atoms with Crippen LogP contribution >= 0.6 is 0 Å². The minimum Gasteiger partial charge on any atom is -0.392 e. The van der Waals surface area contributed by atoms with Crippen LogP contribution in [0.25, 0.3) is 0 Å². The van der Waals surface area contributed by atoms with Gasteiger partial charge >= 0.3 is 0 Å². The number of fused-ring (bicyclic) bond motifs is 2. The molecule has 4 rings (SSSR count). The molecule has 0 aliphatic heterocycles. The molecule has 0 amide bonds. The van der Waals surface area contributed by atoms with Crippen molar-refractivity contribution in [1.29, 1.82) is 0 Å². The summed E-state index contributed by atoms with van der Waals surface area (Å²) in [6.45, 7) is 6.38. The van der Waals surface area contributed by atoms with E-state index in [1.165, 1.54) is 6.92 Å². The molecule has 4 saturated carbocycles. The fourth-order valence-electron chi connectivity index (χ4n) is 7.95. The number of rotatable bonds is 0. The van der Waals surface area contributed by atoms with Crippen LogP contribution in [0.2, 0.25) is 0 Å². The molecule has 4 aliphatic rings. The Hall–Kier alpha value is -0.280. The van der Waals surface area contributed by atoms with E-state index < -0.39 is 63.9 Å². The maximum Gasteiger partial charge on any atom is 0.106 e. The summed E-state index contributed by atoms with van der Waals surface area (Å²) in [7, 11) is 0. The third-order valence-corrected chi connectivity index (χ3v) is 9.24. The van der Waals surface area contributed by atoms with E-state index in [0.29, 0.717) is 12.8 Å². The normalized spacial score (nSPS) is 64.8. The van der Waals surface area contributed by atoms with Crippen molar-refractivity contribution in [2.45, 2.75) is 94.6 Å². The Balaban J connectivity index is 1.92. The first kappa shape index (κ1) is 20.0. The van der Waals surface area contributed by atoms with Gasteiger partial charge in [0.1, 0.15) is 5.60 Å². The topological polar surface area (TPSA) is 142 Å². The Morgan fingerprint density at radius 3 is 2.00 bits per heavy atom. The predicted molar refractivity (Wildman–Crippen MR) is 95.4 cm³/mol. The third kappa shape index (κ3) is 2.02. The SMILES string of the molecule is CC1(C)[C@@H](O)[C@H](O)[C@H]2[C@](C)(O)[C@@H]3CC[C@@H]4C(O)[C@@]3(C[C@@H](O)[C@@]21O)C[C@@]4(C)O. The van der Waals surface area contributed by atoms with Gasteiger partial charge in [0, 0.05) is 22.7 Å². The van der Waals surface area contributed by atoms with Crippen molar-refractivity contribution in [3.8, 4) is 0 Å². The van der Waals surface area contributed by atoms with Crippen molar-refractivity contribution in [3.05, 3.63) is 0 Å². The van der Waals surface area contributed by atoms with Crippen molar-refractivity contribution in [2.75, 3.05) is 0 Å². The fraction of sp³-hybridized carbons (Fsp3) is 1.00. The van der Waals surface area contributed by atoms with Crippen LogP contribution in [0.4, 0.5) is 0 Å². The van der Waals surface area contributed by atoms with E-state index in [-0.39, 0.29) is 18.8 Å². The lowest BCUT2D eigenvalue weighted by atomic mass is 9.57. The molecule has 11 atom stereocenters. The van der Waals surface area contributed by atoms with Crippen molar-refractivity contribution < 1.29 is 35.7 Å². The van der Waals surface area contributed by atoms with Crippen LogP contribution in [-0.2, 0) is 0 Å². The van der Waals surface area contributed by atoms with Crippen LogP contribution in [0, 0.1) is 28.6 Å². The number of aliphatic hydroxyl groups is 7. The second kappa shape index (κ2) is 5.25. The van der Waals surface area contributed by atoms with E-state index in [9.17, 15) is 35.7 Å². The van der Waals surface area contributed by atoms with Crippen molar-refractivity contribution in [2.24, 2.45) is 28.6 Å². The van der Waals surface area contributed by atoms with E-state index >= 15 is 0 Å². The second-order valence-corrected chi connectivity index (χ2v) is 10.9. The second-order valence-electron chi connectivity index (χ2n) is 10.9. The maximum atomic E-state index is 11.7. The Labute approximate surface area is 159 Å². The summed E-state index contributed by atoms with van der Waals surface area (Å²) in [6, 6.07) is 0. The molecule has 27 heavy (non-hydrogen) atoms. The molecule has 0 aromatic carbocycles. The Bertz CT molecular complexity index is 646. The van der Waals surface area contributed by atoms with E-state index in [1.807, 2.05) is 0 Å². The van der Waals surface area contributed by atoms with Crippen LogP contribution in [0.1, 0.15) is 53.4 Å². The van der Waals surface area contributed by atoms with Gasteiger partial charge in [-0.2, -0.15) is 0 Å². The number of hydrogen-bond donors (Lipinski definition) is 7. The molecule has 7 heteroatoms. The smallest absolute Gasteiger partial charge is 0.106 e. The standard InChI is InChI=1S/C20H34O7/c1-16(2)15(24)12(22)13-18(4,26)10-6-5-9-14(23)19(10,8-17(9,3)25)7-11(21)20(13,16)27/h9-15,21-27H,5-8H2,1-4H3/t9-,10+,11-,12-,13+,14?,15+,17-,18-,19+,20-/m1/s1. The van der Waals surface area contributed by atoms with Gasteiger partial charge in [0.15, 0.2) is 0 Å². The molecule has 0 saturated heterocycles. The summed E-state index contributed by atoms with van der Waals surface area (Å²) in [5.74, 6) is -2.06. The van der Waals surface area contributed by atoms with E-state index in [0.717, 1.165) is 0 Å². The number of hydrogen-bond acceptors (Lipinski definition) is 7. The highest BCUT2D eigenvalue weighted by molar-refractivity contribution is 5.27. The van der Waals surface area contributed by atoms with Gasteiger partial charge in [-0.05, 0) is 45.4 Å². The molecule has 2 bridgehead atoms. The number of aliphatic hydroxyl groups excluding tert-OH is 4. The lowest BCUT2D eigenvalue weighted by molar-refractivity contribution is -0.209. The minimum atomic E-state index is -1.94. The zero-order chi connectivity index (χ0) is 20.4. The van der Waals surface area contributed by atoms with Crippen molar-refractivity contribution >= 4 is 0 Å². The molecular weight excluding hydrogens is 352 g/mol. The highest BCUT2D eigenvalue weighted by atomic mass is 16.4. The highest BCUT2D eigenvalue weighted by Gasteiger charge is 2.78. The van der Waals surface area contributed by atoms with Gasteiger partial charge in [-0.15, -0.1) is 0 Å². The first-order valence-corrected chi connectivity index (χ1v) is 10.0. The lowest BCUT2D eigenvalue weighted by Gasteiger charge is -2.51. The molecule has 0 radical (unpaired) electrons. The molecule has 7 nitrogen and oxygen atoms in total. The molecule has 4 aliphatic carbocycles. The average molecular weight is 386 g/mol. The first-order valence-electron chi connectivity index (χ1n) is 10.0. The van der Waals surface area contributed by atoms with E-state index in [1.54, 1.807) is 20.8 Å². The third-order valence-electron chi connectivity index (χ3n) is 9.24. The zero-order valence-electron chi connectivity index (χ0n) is 16.5. The molecule has 7 N–H and O–H groups in total. The Morgan fingerprint density at radius 1 is 0.815 bits per heavy atom. The summed E-state index contributed by atoms with van der Waals surface area (Å²) in [5.41, 5.74) is -6.94. The largest absolute Gasteiger partial charge is 0.392 e. The van der Waals surface area contributed by atoms with Gasteiger partial charge in [-0.3, -0.25) is 0 Å². The van der Waals surface area contributed by atoms with Gasteiger partial charge in [0.2, 0.25) is 0 Å². The molecule has 4 fully saturated rings. The minimum absolute atomic E-state index is 0.00248. The van der Waals surface area contributed by atoms with Crippen LogP contribution in [0.3, 0.4) is 0 Å². The van der Waals surface area contributed by atoms with Gasteiger partial charge in [-0.25, -0.2) is 0 Å². The zero-order valence-corrected chi connectivity index (χ0v) is 16.5. The van der Waals surface area contributed by atoms with Crippen LogP contribution < -0.4 is 0 Å². The highest BCUT2D eigenvalue weighted by Crippen LogP contribution is 2.69. The van der Waals surface area contributed by atoms with Gasteiger partial charge in [0.05, 0.1) is 35.6 Å². The lowest BCUT2D eigenvalue weighted by Crippen LogP contribution is -2.62. The van der Waals surface area contributed by atoms with E-state index in [4.69, 9.17) is 0 Å². The quantitative estimate of drug-likeness (QED) is 0.287. The molecule has 1 unspecified atom stereocenters. The van der Waals surface area contributed by atoms with Crippen molar-refractivity contribution in [3.63, 3.8) is 0 Å². The summed E-state index contributed by atoms with van der Waals surface area (Å²) in [5, 5.41) is 78.0. The summed E-state index contributed by atoms with van der Waals surface area (Å²) in [4.78, 5) is 0. The Kier molecular flexibility index (Phi) is 3.89. The Morgan fingerprint density at radius 2 is 1.41 bits per heavy atom. The van der Waals surface area contributed by atoms with Gasteiger partial charge in [0.25, 0.3) is 0 Å². The van der Waals surface area contributed by atoms with Gasteiger partial charge in [-0.1, -0.05) is 13.8 Å². The molecule has 0 heterocycles. The monoisotopic (exact) mass is 386 g/mol.